The highest BCUT2D eigenvalue weighted by atomic mass is 32.1. The number of hydrogen-bond donors (Lipinski definition) is 1. The van der Waals surface area contributed by atoms with Crippen LogP contribution in [0.2, 0.25) is 0 Å². The van der Waals surface area contributed by atoms with Crippen LogP contribution >= 0.6 is 11.3 Å². The molecule has 0 bridgehead atoms. The van der Waals surface area contributed by atoms with Gasteiger partial charge in [0.15, 0.2) is 0 Å². The van der Waals surface area contributed by atoms with Gasteiger partial charge in [-0.25, -0.2) is 4.98 Å². The molecule has 1 amide bonds. The van der Waals surface area contributed by atoms with E-state index >= 15 is 0 Å². The van der Waals surface area contributed by atoms with Gasteiger partial charge in [0.05, 0.1) is 11.9 Å². The van der Waals surface area contributed by atoms with Crippen LogP contribution in [0.5, 0.6) is 5.75 Å². The van der Waals surface area contributed by atoms with Gasteiger partial charge in [-0.1, -0.05) is 0 Å². The van der Waals surface area contributed by atoms with Crippen molar-refractivity contribution in [2.45, 2.75) is 39.8 Å². The lowest BCUT2D eigenvalue weighted by Gasteiger charge is -2.19. The molecule has 0 fully saturated rings. The highest BCUT2D eigenvalue weighted by Gasteiger charge is 2.20. The van der Waals surface area contributed by atoms with Crippen molar-refractivity contribution in [2.24, 2.45) is 0 Å². The number of hydrogen-bond acceptors (Lipinski definition) is 5. The van der Waals surface area contributed by atoms with E-state index in [0.717, 1.165) is 10.7 Å². The molecule has 21 heavy (non-hydrogen) atoms. The number of nitrogens with zero attached hydrogens (tertiary/aromatic N) is 2. The Morgan fingerprint density at radius 3 is 2.81 bits per heavy atom. The average Bonchev–Trinajstić information content (AvgIpc) is 2.77. The quantitative estimate of drug-likeness (QED) is 0.943. The molecule has 2 rings (SSSR count). The third-order valence-electron chi connectivity index (χ3n) is 2.53. The summed E-state index contributed by atoms with van der Waals surface area (Å²) in [5.41, 5.74) is 0.464. The van der Waals surface area contributed by atoms with E-state index in [0.29, 0.717) is 17.2 Å². The zero-order chi connectivity index (χ0) is 15.5. The Bertz CT molecular complexity index is 618. The smallest absolute Gasteiger partial charge is 0.263 e. The molecule has 5 nitrogen and oxygen atoms in total. The molecule has 1 N–H and O–H groups in total. The van der Waals surface area contributed by atoms with Crippen molar-refractivity contribution in [3.8, 4) is 5.75 Å². The number of pyridine rings is 1. The molecule has 0 aliphatic rings. The summed E-state index contributed by atoms with van der Waals surface area (Å²) in [7, 11) is 0. The maximum atomic E-state index is 12.2. The summed E-state index contributed by atoms with van der Waals surface area (Å²) in [6, 6.07) is 3.64. The Kier molecular flexibility index (Phi) is 4.57. The third-order valence-corrected chi connectivity index (χ3v) is 3.66. The van der Waals surface area contributed by atoms with Crippen molar-refractivity contribution in [1.29, 1.82) is 0 Å². The topological polar surface area (TPSA) is 64.1 Å². The lowest BCUT2D eigenvalue weighted by atomic mass is 10.1. The summed E-state index contributed by atoms with van der Waals surface area (Å²) in [5, 5.41) is 3.72. The molecule has 0 saturated heterocycles. The van der Waals surface area contributed by atoms with Crippen LogP contribution in [0.4, 0.5) is 0 Å². The molecule has 0 aliphatic heterocycles. The van der Waals surface area contributed by atoms with Gasteiger partial charge in [0.25, 0.3) is 5.91 Å². The molecule has 2 aromatic rings. The van der Waals surface area contributed by atoms with E-state index in [1.165, 1.54) is 11.3 Å². The fourth-order valence-electron chi connectivity index (χ4n) is 1.70. The van der Waals surface area contributed by atoms with Crippen LogP contribution in [-0.4, -0.2) is 21.4 Å². The number of carbonyl (C=O) groups is 1. The summed E-state index contributed by atoms with van der Waals surface area (Å²) < 4.78 is 5.59. The average molecular weight is 305 g/mol. The van der Waals surface area contributed by atoms with Crippen molar-refractivity contribution >= 4 is 17.2 Å². The summed E-state index contributed by atoms with van der Waals surface area (Å²) in [6.45, 7) is 8.02. The maximum Gasteiger partial charge on any atom is 0.263 e. The number of ether oxygens (including phenoxy) is 1. The van der Waals surface area contributed by atoms with E-state index < -0.39 is 0 Å². The maximum absolute atomic E-state index is 12.2. The molecular weight excluding hydrogens is 286 g/mol. The standard InChI is InChI=1S/C15H19N3O2S/c1-10-13(14(19)18-15(2,3)4)21-12(17-10)9-20-11-6-5-7-16-8-11/h5-8H,9H2,1-4H3,(H,18,19). The van der Waals surface area contributed by atoms with Crippen LogP contribution in [0.3, 0.4) is 0 Å². The molecule has 112 valence electrons. The predicted octanol–water partition coefficient (Wildman–Crippen LogP) is 2.95. The normalized spacial score (nSPS) is 11.2. The molecule has 0 atom stereocenters. The summed E-state index contributed by atoms with van der Waals surface area (Å²) >= 11 is 1.36. The number of nitrogens with one attached hydrogen (secondary N) is 1. The van der Waals surface area contributed by atoms with Crippen molar-refractivity contribution < 1.29 is 9.53 Å². The number of aromatic nitrogens is 2. The number of thiazole rings is 1. The highest BCUT2D eigenvalue weighted by molar-refractivity contribution is 7.13. The summed E-state index contributed by atoms with van der Waals surface area (Å²) in [4.78, 5) is 21.2. The summed E-state index contributed by atoms with van der Waals surface area (Å²) in [6.07, 6.45) is 3.34. The van der Waals surface area contributed by atoms with E-state index in [4.69, 9.17) is 4.74 Å². The Labute approximate surface area is 128 Å². The molecule has 0 aliphatic carbocycles. The highest BCUT2D eigenvalue weighted by Crippen LogP contribution is 2.20. The lowest BCUT2D eigenvalue weighted by molar-refractivity contribution is 0.0923. The van der Waals surface area contributed by atoms with E-state index in [1.54, 1.807) is 12.4 Å². The number of rotatable bonds is 4. The molecule has 2 heterocycles. The monoisotopic (exact) mass is 305 g/mol. The van der Waals surface area contributed by atoms with Gasteiger partial charge in [-0.3, -0.25) is 9.78 Å². The van der Waals surface area contributed by atoms with Gasteiger partial charge in [-0.2, -0.15) is 0 Å². The van der Waals surface area contributed by atoms with Crippen molar-refractivity contribution in [2.75, 3.05) is 0 Å². The van der Waals surface area contributed by atoms with Gasteiger partial charge in [0, 0.05) is 11.7 Å². The van der Waals surface area contributed by atoms with E-state index in [2.05, 4.69) is 15.3 Å². The first-order valence-corrected chi connectivity index (χ1v) is 7.48. The first-order chi connectivity index (χ1) is 9.85. The minimum absolute atomic E-state index is 0.0925. The van der Waals surface area contributed by atoms with Crippen LogP contribution in [0, 0.1) is 6.92 Å². The third kappa shape index (κ3) is 4.53. The molecule has 2 aromatic heterocycles. The largest absolute Gasteiger partial charge is 0.485 e. The van der Waals surface area contributed by atoms with E-state index in [9.17, 15) is 4.79 Å². The van der Waals surface area contributed by atoms with Crippen LogP contribution in [0.25, 0.3) is 0 Å². The first-order valence-electron chi connectivity index (χ1n) is 6.67. The van der Waals surface area contributed by atoms with Gasteiger partial charge in [0.2, 0.25) is 0 Å². The Morgan fingerprint density at radius 1 is 1.43 bits per heavy atom. The van der Waals surface area contributed by atoms with Crippen LogP contribution in [0.15, 0.2) is 24.5 Å². The molecule has 0 saturated carbocycles. The van der Waals surface area contributed by atoms with Gasteiger partial charge >= 0.3 is 0 Å². The molecule has 0 unspecified atom stereocenters. The molecule has 0 radical (unpaired) electrons. The second-order valence-corrected chi connectivity index (χ2v) is 6.79. The minimum Gasteiger partial charge on any atom is -0.485 e. The van der Waals surface area contributed by atoms with Crippen molar-refractivity contribution in [3.05, 3.63) is 40.1 Å². The van der Waals surface area contributed by atoms with Crippen molar-refractivity contribution in [1.82, 2.24) is 15.3 Å². The fraction of sp³-hybridized carbons (Fsp3) is 0.400. The molecule has 0 aromatic carbocycles. The lowest BCUT2D eigenvalue weighted by Crippen LogP contribution is -2.40. The van der Waals surface area contributed by atoms with Gasteiger partial charge < -0.3 is 10.1 Å². The van der Waals surface area contributed by atoms with E-state index in [-0.39, 0.29) is 11.4 Å². The number of amides is 1. The number of aryl methyl sites for hydroxylation is 1. The Morgan fingerprint density at radius 2 is 2.19 bits per heavy atom. The van der Waals surface area contributed by atoms with Gasteiger partial charge in [-0.15, -0.1) is 11.3 Å². The van der Waals surface area contributed by atoms with Crippen LogP contribution < -0.4 is 10.1 Å². The second kappa shape index (κ2) is 6.22. The second-order valence-electron chi connectivity index (χ2n) is 5.70. The zero-order valence-corrected chi connectivity index (χ0v) is 13.5. The fourth-order valence-corrected chi connectivity index (χ4v) is 2.57. The van der Waals surface area contributed by atoms with Crippen LogP contribution in [0.1, 0.15) is 41.1 Å². The number of carbonyl (C=O) groups excluding carboxylic acids is 1. The first kappa shape index (κ1) is 15.4. The summed E-state index contributed by atoms with van der Waals surface area (Å²) in [5.74, 6) is 0.594. The SMILES string of the molecule is Cc1nc(COc2cccnc2)sc1C(=O)NC(C)(C)C. The minimum atomic E-state index is -0.264. The van der Waals surface area contributed by atoms with E-state index in [1.807, 2.05) is 39.8 Å². The molecule has 6 heteroatoms. The predicted molar refractivity (Wildman–Crippen MR) is 82.6 cm³/mol. The Hall–Kier alpha value is -1.95. The van der Waals surface area contributed by atoms with Crippen molar-refractivity contribution in [3.63, 3.8) is 0 Å². The van der Waals surface area contributed by atoms with Gasteiger partial charge in [0.1, 0.15) is 22.2 Å². The molecular formula is C15H19N3O2S. The van der Waals surface area contributed by atoms with Crippen LogP contribution in [-0.2, 0) is 6.61 Å². The Balaban J connectivity index is 2.04. The zero-order valence-electron chi connectivity index (χ0n) is 12.6. The van der Waals surface area contributed by atoms with Gasteiger partial charge in [-0.05, 0) is 39.8 Å². The molecule has 0 spiro atoms.